The second kappa shape index (κ2) is 6.96. The van der Waals surface area contributed by atoms with Crippen molar-refractivity contribution in [2.75, 3.05) is 7.11 Å². The molecule has 0 aliphatic heterocycles. The number of methoxy groups -OCH3 is 1. The molecule has 0 aliphatic carbocycles. The summed E-state index contributed by atoms with van der Waals surface area (Å²) in [6.07, 6.45) is -0.855. The van der Waals surface area contributed by atoms with Gasteiger partial charge in [-0.05, 0) is 29.8 Å². The largest absolute Gasteiger partial charge is 0.364 e. The zero-order valence-electron chi connectivity index (χ0n) is 10.5. The summed E-state index contributed by atoms with van der Waals surface area (Å²) in [5.41, 5.74) is 1.95. The maximum absolute atomic E-state index is 9.51. The lowest BCUT2D eigenvalue weighted by Gasteiger charge is -2.09. The fourth-order valence-electron chi connectivity index (χ4n) is 1.66. The monoisotopic (exact) mass is 294 g/mol. The van der Waals surface area contributed by atoms with Crippen molar-refractivity contribution in [2.45, 2.75) is 16.9 Å². The van der Waals surface area contributed by atoms with Gasteiger partial charge in [0.15, 0.2) is 6.29 Å². The Bertz CT molecular complexity index is 528. The van der Waals surface area contributed by atoms with Crippen LogP contribution >= 0.6 is 23.4 Å². The Morgan fingerprint density at radius 2 is 1.95 bits per heavy atom. The SMILES string of the molecule is COC(O)c1ccc(SCc2cccc(Cl)c2)cc1. The van der Waals surface area contributed by atoms with E-state index in [9.17, 15) is 5.11 Å². The number of ether oxygens (including phenoxy) is 1. The Kier molecular flexibility index (Phi) is 5.28. The molecule has 100 valence electrons. The topological polar surface area (TPSA) is 29.5 Å². The first-order chi connectivity index (χ1) is 9.19. The van der Waals surface area contributed by atoms with Crippen molar-refractivity contribution in [1.82, 2.24) is 0 Å². The van der Waals surface area contributed by atoms with Gasteiger partial charge < -0.3 is 9.84 Å². The summed E-state index contributed by atoms with van der Waals surface area (Å²) >= 11 is 7.68. The van der Waals surface area contributed by atoms with Crippen LogP contribution < -0.4 is 0 Å². The van der Waals surface area contributed by atoms with Crippen molar-refractivity contribution in [3.05, 3.63) is 64.7 Å². The lowest BCUT2D eigenvalue weighted by atomic mass is 10.2. The molecule has 0 spiro atoms. The van der Waals surface area contributed by atoms with Crippen LogP contribution in [-0.2, 0) is 10.5 Å². The van der Waals surface area contributed by atoms with E-state index in [2.05, 4.69) is 6.07 Å². The number of rotatable bonds is 5. The van der Waals surface area contributed by atoms with Gasteiger partial charge in [-0.25, -0.2) is 0 Å². The highest BCUT2D eigenvalue weighted by atomic mass is 35.5. The standard InChI is InChI=1S/C15H15ClO2S/c1-18-15(17)12-5-7-14(8-6-12)19-10-11-3-2-4-13(16)9-11/h2-9,15,17H,10H2,1H3. The van der Waals surface area contributed by atoms with E-state index < -0.39 is 6.29 Å². The van der Waals surface area contributed by atoms with E-state index in [4.69, 9.17) is 16.3 Å². The summed E-state index contributed by atoms with van der Waals surface area (Å²) in [6, 6.07) is 15.6. The van der Waals surface area contributed by atoms with Crippen LogP contribution in [0.2, 0.25) is 5.02 Å². The molecule has 1 unspecified atom stereocenters. The normalized spacial score (nSPS) is 12.4. The minimum Gasteiger partial charge on any atom is -0.364 e. The van der Waals surface area contributed by atoms with Gasteiger partial charge in [-0.3, -0.25) is 0 Å². The molecule has 19 heavy (non-hydrogen) atoms. The van der Waals surface area contributed by atoms with E-state index in [1.165, 1.54) is 12.7 Å². The highest BCUT2D eigenvalue weighted by Gasteiger charge is 2.05. The third kappa shape index (κ3) is 4.25. The van der Waals surface area contributed by atoms with Gasteiger partial charge >= 0.3 is 0 Å². The zero-order chi connectivity index (χ0) is 13.7. The first kappa shape index (κ1) is 14.4. The quantitative estimate of drug-likeness (QED) is 0.659. The van der Waals surface area contributed by atoms with Crippen molar-refractivity contribution in [3.63, 3.8) is 0 Å². The van der Waals surface area contributed by atoms with Crippen LogP contribution in [-0.4, -0.2) is 12.2 Å². The van der Waals surface area contributed by atoms with Crippen LogP contribution in [0.3, 0.4) is 0 Å². The van der Waals surface area contributed by atoms with Crippen molar-refractivity contribution in [2.24, 2.45) is 0 Å². The predicted molar refractivity (Wildman–Crippen MR) is 79.4 cm³/mol. The maximum atomic E-state index is 9.51. The van der Waals surface area contributed by atoms with Crippen molar-refractivity contribution < 1.29 is 9.84 Å². The number of aliphatic hydroxyl groups is 1. The third-order valence-electron chi connectivity index (χ3n) is 2.68. The van der Waals surface area contributed by atoms with Gasteiger partial charge in [-0.1, -0.05) is 35.9 Å². The molecule has 1 atom stereocenters. The highest BCUT2D eigenvalue weighted by Crippen LogP contribution is 2.25. The van der Waals surface area contributed by atoms with Crippen LogP contribution in [0.4, 0.5) is 0 Å². The lowest BCUT2D eigenvalue weighted by molar-refractivity contribution is -0.0769. The Labute approximate surface area is 122 Å². The molecule has 0 heterocycles. The van der Waals surface area contributed by atoms with E-state index in [1.54, 1.807) is 11.8 Å². The average molecular weight is 295 g/mol. The van der Waals surface area contributed by atoms with E-state index in [0.717, 1.165) is 21.2 Å². The average Bonchev–Trinajstić information content (AvgIpc) is 2.45. The summed E-state index contributed by atoms with van der Waals surface area (Å²) in [5.74, 6) is 0.868. The van der Waals surface area contributed by atoms with Gasteiger partial charge in [0.2, 0.25) is 0 Å². The van der Waals surface area contributed by atoms with Gasteiger partial charge in [0.05, 0.1) is 0 Å². The number of thioether (sulfide) groups is 1. The molecule has 0 aromatic heterocycles. The molecular weight excluding hydrogens is 280 g/mol. The zero-order valence-corrected chi connectivity index (χ0v) is 12.1. The molecule has 0 radical (unpaired) electrons. The number of halogens is 1. The molecule has 0 bridgehead atoms. The van der Waals surface area contributed by atoms with Crippen LogP contribution in [0.5, 0.6) is 0 Å². The third-order valence-corrected chi connectivity index (χ3v) is 4.00. The number of benzene rings is 2. The molecular formula is C15H15ClO2S. The molecule has 1 N–H and O–H groups in total. The van der Waals surface area contributed by atoms with E-state index in [1.807, 2.05) is 42.5 Å². The summed E-state index contributed by atoms with van der Waals surface area (Å²) in [6.45, 7) is 0. The van der Waals surface area contributed by atoms with Crippen LogP contribution in [0.1, 0.15) is 17.4 Å². The van der Waals surface area contributed by atoms with Gasteiger partial charge in [-0.15, -0.1) is 11.8 Å². The Balaban J connectivity index is 1.96. The molecule has 0 aliphatic rings. The van der Waals surface area contributed by atoms with Crippen molar-refractivity contribution >= 4 is 23.4 Å². The molecule has 4 heteroatoms. The number of aliphatic hydroxyl groups excluding tert-OH is 1. The Morgan fingerprint density at radius 3 is 2.58 bits per heavy atom. The Morgan fingerprint density at radius 1 is 1.21 bits per heavy atom. The maximum Gasteiger partial charge on any atom is 0.180 e. The van der Waals surface area contributed by atoms with Crippen LogP contribution in [0.25, 0.3) is 0 Å². The van der Waals surface area contributed by atoms with E-state index in [-0.39, 0.29) is 0 Å². The smallest absolute Gasteiger partial charge is 0.180 e. The fourth-order valence-corrected chi connectivity index (χ4v) is 2.71. The van der Waals surface area contributed by atoms with Gasteiger partial charge in [-0.2, -0.15) is 0 Å². The van der Waals surface area contributed by atoms with Crippen molar-refractivity contribution in [3.8, 4) is 0 Å². The molecule has 2 aromatic carbocycles. The van der Waals surface area contributed by atoms with Gasteiger partial charge in [0.1, 0.15) is 0 Å². The van der Waals surface area contributed by atoms with Gasteiger partial charge in [0, 0.05) is 28.3 Å². The minimum absolute atomic E-state index is 0.759. The number of hydrogen-bond donors (Lipinski definition) is 1. The molecule has 0 amide bonds. The summed E-state index contributed by atoms with van der Waals surface area (Å²) < 4.78 is 4.85. The predicted octanol–water partition coefficient (Wildman–Crippen LogP) is 4.27. The first-order valence-electron chi connectivity index (χ1n) is 5.87. The Hall–Kier alpha value is -1.00. The van der Waals surface area contributed by atoms with E-state index in [0.29, 0.717) is 0 Å². The summed E-state index contributed by atoms with van der Waals surface area (Å²) in [4.78, 5) is 1.15. The minimum atomic E-state index is -0.855. The molecule has 2 nitrogen and oxygen atoms in total. The van der Waals surface area contributed by atoms with Gasteiger partial charge in [0.25, 0.3) is 0 Å². The highest BCUT2D eigenvalue weighted by molar-refractivity contribution is 7.98. The second-order valence-corrected chi connectivity index (χ2v) is 5.56. The lowest BCUT2D eigenvalue weighted by Crippen LogP contribution is -1.98. The van der Waals surface area contributed by atoms with Crippen molar-refractivity contribution in [1.29, 1.82) is 0 Å². The molecule has 2 rings (SSSR count). The summed E-state index contributed by atoms with van der Waals surface area (Å²) in [5, 5.41) is 10.3. The van der Waals surface area contributed by atoms with Crippen LogP contribution in [0, 0.1) is 0 Å². The fraction of sp³-hybridized carbons (Fsp3) is 0.200. The first-order valence-corrected chi connectivity index (χ1v) is 7.23. The number of hydrogen-bond acceptors (Lipinski definition) is 3. The van der Waals surface area contributed by atoms with Crippen LogP contribution in [0.15, 0.2) is 53.4 Å². The molecule has 0 saturated carbocycles. The molecule has 0 saturated heterocycles. The molecule has 2 aromatic rings. The second-order valence-electron chi connectivity index (χ2n) is 4.08. The molecule has 0 fully saturated rings. The van der Waals surface area contributed by atoms with E-state index >= 15 is 0 Å². The summed E-state index contributed by atoms with van der Waals surface area (Å²) in [7, 11) is 1.48.